The van der Waals surface area contributed by atoms with E-state index in [4.69, 9.17) is 11.5 Å². The average molecular weight is 291 g/mol. The third-order valence-electron chi connectivity index (χ3n) is 2.68. The molecule has 4 N–H and O–H groups in total. The monoisotopic (exact) mass is 292 g/mol. The zero-order valence-corrected chi connectivity index (χ0v) is 11.7. The fraction of sp³-hybridized carbons (Fsp3) is 0.143. The normalized spacial score (nSPS) is 10.5. The number of benzene rings is 2. The Hall–Kier alpha value is -1.44. The van der Waals surface area contributed by atoms with Crippen LogP contribution in [0, 0.1) is 13.8 Å². The van der Waals surface area contributed by atoms with E-state index in [9.17, 15) is 0 Å². The summed E-state index contributed by atoms with van der Waals surface area (Å²) in [6.07, 6.45) is 0. The summed E-state index contributed by atoms with van der Waals surface area (Å²) in [5.41, 5.74) is 15.7. The molecule has 0 saturated heterocycles. The first-order chi connectivity index (χ1) is 8.06. The SMILES string of the molecule is Cc1cc([Se]c2ccc(N)cc2)cc(C)c1N. The Balaban J connectivity index is 2.27. The third kappa shape index (κ3) is 2.82. The second kappa shape index (κ2) is 4.82. The fourth-order valence-corrected chi connectivity index (χ4v) is 3.80. The van der Waals surface area contributed by atoms with Crippen LogP contribution in [0.2, 0.25) is 0 Å². The van der Waals surface area contributed by atoms with Gasteiger partial charge in [0.05, 0.1) is 0 Å². The molecule has 3 heteroatoms. The van der Waals surface area contributed by atoms with Crippen LogP contribution in [0.4, 0.5) is 11.4 Å². The molecule has 17 heavy (non-hydrogen) atoms. The van der Waals surface area contributed by atoms with E-state index in [-0.39, 0.29) is 0 Å². The van der Waals surface area contributed by atoms with Gasteiger partial charge in [0.1, 0.15) is 0 Å². The van der Waals surface area contributed by atoms with Crippen LogP contribution >= 0.6 is 0 Å². The van der Waals surface area contributed by atoms with E-state index in [0.717, 1.165) is 22.5 Å². The van der Waals surface area contributed by atoms with Gasteiger partial charge in [-0.1, -0.05) is 0 Å². The van der Waals surface area contributed by atoms with Crippen molar-refractivity contribution in [3.63, 3.8) is 0 Å². The number of anilines is 2. The van der Waals surface area contributed by atoms with Crippen LogP contribution in [-0.4, -0.2) is 15.0 Å². The molecule has 2 aromatic rings. The molecule has 0 atom stereocenters. The quantitative estimate of drug-likeness (QED) is 0.643. The van der Waals surface area contributed by atoms with Crippen molar-refractivity contribution in [3.8, 4) is 0 Å². The second-order valence-electron chi connectivity index (χ2n) is 4.14. The van der Waals surface area contributed by atoms with E-state index in [1.807, 2.05) is 12.1 Å². The van der Waals surface area contributed by atoms with Crippen molar-refractivity contribution in [2.24, 2.45) is 0 Å². The Morgan fingerprint density at radius 3 is 1.88 bits per heavy atom. The zero-order valence-electron chi connectivity index (χ0n) is 10.0. The van der Waals surface area contributed by atoms with E-state index in [0.29, 0.717) is 15.0 Å². The summed E-state index contributed by atoms with van der Waals surface area (Å²) in [4.78, 5) is 0. The molecule has 0 aliphatic rings. The minimum absolute atomic E-state index is 0.316. The molecule has 0 fully saturated rings. The third-order valence-corrected chi connectivity index (χ3v) is 4.74. The van der Waals surface area contributed by atoms with Crippen LogP contribution in [0.3, 0.4) is 0 Å². The molecular formula is C14H16N2Se. The van der Waals surface area contributed by atoms with E-state index in [2.05, 4.69) is 38.1 Å². The number of nitrogens with two attached hydrogens (primary N) is 2. The molecule has 2 nitrogen and oxygen atoms in total. The van der Waals surface area contributed by atoms with Crippen LogP contribution in [0.1, 0.15) is 11.1 Å². The number of rotatable bonds is 2. The Bertz CT molecular complexity index is 509. The molecule has 0 heterocycles. The molecule has 88 valence electrons. The molecule has 0 aliphatic heterocycles. The molecule has 0 bridgehead atoms. The minimum atomic E-state index is 0.316. The van der Waals surface area contributed by atoms with E-state index >= 15 is 0 Å². The Morgan fingerprint density at radius 1 is 0.824 bits per heavy atom. The Morgan fingerprint density at radius 2 is 1.35 bits per heavy atom. The fourth-order valence-electron chi connectivity index (χ4n) is 1.67. The molecular weight excluding hydrogens is 275 g/mol. The summed E-state index contributed by atoms with van der Waals surface area (Å²) in [6, 6.07) is 12.5. The molecule has 0 aromatic heterocycles. The van der Waals surface area contributed by atoms with Gasteiger partial charge in [0.25, 0.3) is 0 Å². The maximum atomic E-state index is 5.95. The van der Waals surface area contributed by atoms with Gasteiger partial charge < -0.3 is 0 Å². The van der Waals surface area contributed by atoms with Gasteiger partial charge in [-0.05, 0) is 0 Å². The topological polar surface area (TPSA) is 52.0 Å². The van der Waals surface area contributed by atoms with Crippen molar-refractivity contribution in [3.05, 3.63) is 47.5 Å². The average Bonchev–Trinajstić information content (AvgIpc) is 2.29. The van der Waals surface area contributed by atoms with Gasteiger partial charge in [0.15, 0.2) is 0 Å². The molecule has 0 unspecified atom stereocenters. The molecule has 0 aliphatic carbocycles. The van der Waals surface area contributed by atoms with Crippen LogP contribution in [0.25, 0.3) is 0 Å². The van der Waals surface area contributed by atoms with Crippen molar-refractivity contribution in [1.29, 1.82) is 0 Å². The molecule has 0 spiro atoms. The van der Waals surface area contributed by atoms with Gasteiger partial charge in [0, 0.05) is 0 Å². The van der Waals surface area contributed by atoms with Crippen molar-refractivity contribution in [2.75, 3.05) is 11.5 Å². The first-order valence-corrected chi connectivity index (χ1v) is 7.17. The summed E-state index contributed by atoms with van der Waals surface area (Å²) < 4.78 is 2.68. The van der Waals surface area contributed by atoms with Crippen LogP contribution < -0.4 is 20.4 Å². The van der Waals surface area contributed by atoms with E-state index in [1.54, 1.807) is 0 Å². The van der Waals surface area contributed by atoms with Crippen LogP contribution in [0.5, 0.6) is 0 Å². The second-order valence-corrected chi connectivity index (χ2v) is 6.55. The number of nitrogen functional groups attached to an aromatic ring is 2. The number of hydrogen-bond donors (Lipinski definition) is 2. The first-order valence-electron chi connectivity index (χ1n) is 5.46. The summed E-state index contributed by atoms with van der Waals surface area (Å²) in [5.74, 6) is 0. The van der Waals surface area contributed by atoms with E-state index < -0.39 is 0 Å². The first kappa shape index (κ1) is 12.0. The van der Waals surface area contributed by atoms with Crippen LogP contribution in [-0.2, 0) is 0 Å². The van der Waals surface area contributed by atoms with Crippen LogP contribution in [0.15, 0.2) is 36.4 Å². The predicted octanol–water partition coefficient (Wildman–Crippen LogP) is 1.12. The molecule has 0 saturated carbocycles. The molecule has 2 aromatic carbocycles. The predicted molar refractivity (Wildman–Crippen MR) is 76.2 cm³/mol. The van der Waals surface area contributed by atoms with Crippen molar-refractivity contribution >= 4 is 35.3 Å². The molecule has 0 radical (unpaired) electrons. The van der Waals surface area contributed by atoms with Gasteiger partial charge in [-0.15, -0.1) is 0 Å². The summed E-state index contributed by atoms with van der Waals surface area (Å²) in [5, 5.41) is 0. The van der Waals surface area contributed by atoms with Gasteiger partial charge in [-0.2, -0.15) is 0 Å². The molecule has 2 rings (SSSR count). The summed E-state index contributed by atoms with van der Waals surface area (Å²) in [7, 11) is 0. The summed E-state index contributed by atoms with van der Waals surface area (Å²) in [6.45, 7) is 4.12. The van der Waals surface area contributed by atoms with Gasteiger partial charge in [-0.25, -0.2) is 0 Å². The van der Waals surface area contributed by atoms with Gasteiger partial charge in [0.2, 0.25) is 0 Å². The number of aryl methyl sites for hydroxylation is 2. The van der Waals surface area contributed by atoms with Gasteiger partial charge in [-0.3, -0.25) is 0 Å². The van der Waals surface area contributed by atoms with Gasteiger partial charge >= 0.3 is 108 Å². The zero-order chi connectivity index (χ0) is 12.4. The molecule has 0 amide bonds. The van der Waals surface area contributed by atoms with E-state index in [1.165, 1.54) is 8.92 Å². The van der Waals surface area contributed by atoms with Crippen molar-refractivity contribution in [1.82, 2.24) is 0 Å². The Kier molecular flexibility index (Phi) is 3.41. The number of hydrogen-bond acceptors (Lipinski definition) is 2. The maximum absolute atomic E-state index is 5.95. The Labute approximate surface area is 108 Å². The van der Waals surface area contributed by atoms with Crippen molar-refractivity contribution < 1.29 is 0 Å². The standard InChI is InChI=1S/C14H16N2Se/c1-9-7-13(8-10(2)14(9)16)17-12-5-3-11(15)4-6-12/h3-8H,15-16H2,1-2H3. The van der Waals surface area contributed by atoms with Crippen molar-refractivity contribution in [2.45, 2.75) is 13.8 Å². The summed E-state index contributed by atoms with van der Waals surface area (Å²) >= 11 is 0.316.